The van der Waals surface area contributed by atoms with Crippen LogP contribution in [-0.4, -0.2) is 53.4 Å². The molecule has 4 nitrogen and oxygen atoms in total. The van der Waals surface area contributed by atoms with Crippen LogP contribution in [0.25, 0.3) is 10.9 Å². The zero-order chi connectivity index (χ0) is 14.8. The number of likely N-dealkylation sites (N-methyl/N-ethyl adjacent to an activating group) is 1. The summed E-state index contributed by atoms with van der Waals surface area (Å²) in [4.78, 5) is 20.0. The number of H-pyrrole nitrogens is 1. The van der Waals surface area contributed by atoms with Crippen LogP contribution in [0.1, 0.15) is 12.5 Å². The van der Waals surface area contributed by atoms with Crippen molar-refractivity contribution < 1.29 is 4.79 Å². The molecular formula is C16H20ClN3O. The van der Waals surface area contributed by atoms with Crippen molar-refractivity contribution in [3.8, 4) is 0 Å². The van der Waals surface area contributed by atoms with Gasteiger partial charge in [0, 0.05) is 43.3 Å². The Kier molecular flexibility index (Phi) is 4.17. The van der Waals surface area contributed by atoms with Gasteiger partial charge in [0.05, 0.1) is 11.4 Å². The Morgan fingerprint density at radius 1 is 1.29 bits per heavy atom. The summed E-state index contributed by atoms with van der Waals surface area (Å²) in [7, 11) is 0. The first kappa shape index (κ1) is 14.4. The molecule has 0 bridgehead atoms. The van der Waals surface area contributed by atoms with Crippen molar-refractivity contribution in [2.24, 2.45) is 0 Å². The number of nitrogens with one attached hydrogen (secondary N) is 1. The average Bonchev–Trinajstić information content (AvgIpc) is 2.92. The predicted molar refractivity (Wildman–Crippen MR) is 85.7 cm³/mol. The molecule has 1 N–H and O–H groups in total. The second-order valence-corrected chi connectivity index (χ2v) is 5.88. The number of rotatable bonds is 3. The quantitative estimate of drug-likeness (QED) is 0.946. The van der Waals surface area contributed by atoms with Crippen LogP contribution >= 0.6 is 11.6 Å². The Hall–Kier alpha value is -1.52. The fourth-order valence-corrected chi connectivity index (χ4v) is 3.23. The van der Waals surface area contributed by atoms with Crippen LogP contribution < -0.4 is 0 Å². The molecule has 1 fully saturated rings. The van der Waals surface area contributed by atoms with Gasteiger partial charge in [-0.05, 0) is 24.2 Å². The molecule has 1 aromatic heterocycles. The summed E-state index contributed by atoms with van der Waals surface area (Å²) in [6.45, 7) is 6.80. The number of fused-ring (bicyclic) bond motifs is 1. The van der Waals surface area contributed by atoms with E-state index in [0.717, 1.165) is 49.2 Å². The van der Waals surface area contributed by atoms with Gasteiger partial charge in [0.25, 0.3) is 0 Å². The molecule has 0 radical (unpaired) electrons. The first-order chi connectivity index (χ1) is 10.2. The van der Waals surface area contributed by atoms with Gasteiger partial charge >= 0.3 is 0 Å². The molecule has 21 heavy (non-hydrogen) atoms. The summed E-state index contributed by atoms with van der Waals surface area (Å²) in [5.74, 6) is 0.187. The minimum Gasteiger partial charge on any atom is -0.361 e. The summed E-state index contributed by atoms with van der Waals surface area (Å²) in [6, 6.07) is 5.76. The third kappa shape index (κ3) is 2.92. The van der Waals surface area contributed by atoms with E-state index >= 15 is 0 Å². The zero-order valence-electron chi connectivity index (χ0n) is 12.2. The van der Waals surface area contributed by atoms with Gasteiger partial charge in [0.2, 0.25) is 5.91 Å². The lowest BCUT2D eigenvalue weighted by molar-refractivity contribution is -0.132. The van der Waals surface area contributed by atoms with Gasteiger partial charge in [-0.1, -0.05) is 24.6 Å². The zero-order valence-corrected chi connectivity index (χ0v) is 13.0. The van der Waals surface area contributed by atoms with Crippen molar-refractivity contribution in [2.45, 2.75) is 13.3 Å². The van der Waals surface area contributed by atoms with E-state index in [9.17, 15) is 4.79 Å². The molecule has 112 valence electrons. The lowest BCUT2D eigenvalue weighted by Gasteiger charge is -2.34. The molecule has 0 saturated carbocycles. The molecule has 2 heterocycles. The van der Waals surface area contributed by atoms with Crippen LogP contribution in [0.15, 0.2) is 24.4 Å². The molecule has 1 saturated heterocycles. The highest BCUT2D eigenvalue weighted by molar-refractivity contribution is 6.35. The molecule has 1 amide bonds. The molecule has 1 aliphatic rings. The van der Waals surface area contributed by atoms with Crippen molar-refractivity contribution in [3.05, 3.63) is 35.0 Å². The number of carbonyl (C=O) groups is 1. The average molecular weight is 306 g/mol. The first-order valence-electron chi connectivity index (χ1n) is 7.43. The van der Waals surface area contributed by atoms with Gasteiger partial charge in [-0.3, -0.25) is 4.79 Å². The first-order valence-corrected chi connectivity index (χ1v) is 7.81. The minimum absolute atomic E-state index is 0.187. The number of piperazine rings is 1. The monoisotopic (exact) mass is 305 g/mol. The second kappa shape index (κ2) is 6.08. The number of carbonyl (C=O) groups excluding carboxylic acids is 1. The fourth-order valence-electron chi connectivity index (χ4n) is 2.94. The number of aromatic nitrogens is 1. The van der Waals surface area contributed by atoms with E-state index in [1.54, 1.807) is 0 Å². The summed E-state index contributed by atoms with van der Waals surface area (Å²) >= 11 is 6.26. The fraction of sp³-hybridized carbons (Fsp3) is 0.438. The predicted octanol–water partition coefficient (Wildman–Crippen LogP) is 2.53. The van der Waals surface area contributed by atoms with Crippen LogP contribution in [0.3, 0.4) is 0 Å². The van der Waals surface area contributed by atoms with Crippen molar-refractivity contribution in [1.29, 1.82) is 0 Å². The topological polar surface area (TPSA) is 39.3 Å². The third-order valence-electron chi connectivity index (χ3n) is 4.25. The molecule has 0 aliphatic carbocycles. The molecule has 0 spiro atoms. The Bertz CT molecular complexity index is 644. The third-order valence-corrected chi connectivity index (χ3v) is 4.57. The van der Waals surface area contributed by atoms with E-state index in [-0.39, 0.29) is 5.91 Å². The van der Waals surface area contributed by atoms with Crippen molar-refractivity contribution >= 4 is 28.4 Å². The second-order valence-electron chi connectivity index (χ2n) is 5.47. The maximum absolute atomic E-state index is 12.5. The standard InChI is InChI=1S/C16H20ClN3O/c1-2-19-6-8-20(9-7-19)15(21)10-12-11-18-14-5-3-4-13(17)16(12)14/h3-5,11,18H,2,6-10H2,1H3. The van der Waals surface area contributed by atoms with E-state index in [2.05, 4.69) is 16.8 Å². The number of aromatic amines is 1. The van der Waals surface area contributed by atoms with Crippen LogP contribution in [-0.2, 0) is 11.2 Å². The lowest BCUT2D eigenvalue weighted by Crippen LogP contribution is -2.48. The smallest absolute Gasteiger partial charge is 0.227 e. The van der Waals surface area contributed by atoms with E-state index in [1.807, 2.05) is 29.3 Å². The van der Waals surface area contributed by atoms with Gasteiger partial charge < -0.3 is 14.8 Å². The number of halogens is 1. The highest BCUT2D eigenvalue weighted by atomic mass is 35.5. The highest BCUT2D eigenvalue weighted by Gasteiger charge is 2.21. The van der Waals surface area contributed by atoms with Gasteiger partial charge in [0.15, 0.2) is 0 Å². The van der Waals surface area contributed by atoms with Gasteiger partial charge in [-0.25, -0.2) is 0 Å². The summed E-state index contributed by atoms with van der Waals surface area (Å²) in [5, 5.41) is 1.67. The molecule has 0 atom stereocenters. The van der Waals surface area contributed by atoms with E-state index < -0.39 is 0 Å². The number of hydrogen-bond donors (Lipinski definition) is 1. The molecule has 0 unspecified atom stereocenters. The minimum atomic E-state index is 0.187. The lowest BCUT2D eigenvalue weighted by atomic mass is 10.1. The maximum Gasteiger partial charge on any atom is 0.227 e. The van der Waals surface area contributed by atoms with Crippen LogP contribution in [0, 0.1) is 0 Å². The van der Waals surface area contributed by atoms with Crippen LogP contribution in [0.5, 0.6) is 0 Å². The van der Waals surface area contributed by atoms with Crippen LogP contribution in [0.2, 0.25) is 5.02 Å². The molecule has 5 heteroatoms. The molecule has 3 rings (SSSR count). The molecule has 1 aliphatic heterocycles. The Balaban J connectivity index is 1.72. The maximum atomic E-state index is 12.5. The molecule has 1 aromatic carbocycles. The summed E-state index contributed by atoms with van der Waals surface area (Å²) in [5.41, 5.74) is 1.97. The summed E-state index contributed by atoms with van der Waals surface area (Å²) in [6.07, 6.45) is 2.31. The van der Waals surface area contributed by atoms with Crippen molar-refractivity contribution in [3.63, 3.8) is 0 Å². The summed E-state index contributed by atoms with van der Waals surface area (Å²) < 4.78 is 0. The number of hydrogen-bond acceptors (Lipinski definition) is 2. The number of nitrogens with zero attached hydrogens (tertiary/aromatic N) is 2. The Morgan fingerprint density at radius 2 is 2.05 bits per heavy atom. The van der Waals surface area contributed by atoms with Gasteiger partial charge in [-0.2, -0.15) is 0 Å². The highest BCUT2D eigenvalue weighted by Crippen LogP contribution is 2.27. The van der Waals surface area contributed by atoms with Gasteiger partial charge in [-0.15, -0.1) is 0 Å². The van der Waals surface area contributed by atoms with E-state index in [4.69, 9.17) is 11.6 Å². The SMILES string of the molecule is CCN1CCN(C(=O)Cc2c[nH]c3cccc(Cl)c23)CC1. The number of benzene rings is 1. The normalized spacial score (nSPS) is 16.6. The number of amides is 1. The van der Waals surface area contributed by atoms with Crippen molar-refractivity contribution in [1.82, 2.24) is 14.8 Å². The molecular weight excluding hydrogens is 286 g/mol. The molecule has 2 aromatic rings. The largest absolute Gasteiger partial charge is 0.361 e. The van der Waals surface area contributed by atoms with E-state index in [1.165, 1.54) is 0 Å². The van der Waals surface area contributed by atoms with Crippen molar-refractivity contribution in [2.75, 3.05) is 32.7 Å². The van der Waals surface area contributed by atoms with E-state index in [0.29, 0.717) is 11.4 Å². The van der Waals surface area contributed by atoms with Gasteiger partial charge in [0.1, 0.15) is 0 Å². The Labute approximate surface area is 129 Å². The Morgan fingerprint density at radius 3 is 2.76 bits per heavy atom. The van der Waals surface area contributed by atoms with Crippen LogP contribution in [0.4, 0.5) is 0 Å².